The number of fused-ring (bicyclic) bond motifs is 6. The molecule has 0 bridgehead atoms. The number of aliphatic imine (C=N–C) groups is 1. The van der Waals surface area contributed by atoms with Gasteiger partial charge in [0.1, 0.15) is 22.5 Å². The highest BCUT2D eigenvalue weighted by atomic mass is 16.5. The molecule has 0 fully saturated rings. The van der Waals surface area contributed by atoms with Crippen molar-refractivity contribution in [3.05, 3.63) is 118 Å². The molecule has 7 nitrogen and oxygen atoms in total. The summed E-state index contributed by atoms with van der Waals surface area (Å²) in [7, 11) is 0. The van der Waals surface area contributed by atoms with Crippen LogP contribution in [0.25, 0.3) is 27.6 Å². The fourth-order valence-corrected chi connectivity index (χ4v) is 7.57. The average molecular weight is 664 g/mol. The molecule has 2 atom stereocenters. The Morgan fingerprint density at radius 1 is 0.820 bits per heavy atom. The number of hydrogen-bond donors (Lipinski definition) is 0. The van der Waals surface area contributed by atoms with E-state index in [0.29, 0.717) is 17.5 Å². The van der Waals surface area contributed by atoms with Gasteiger partial charge in [0.05, 0.1) is 17.4 Å². The molecule has 50 heavy (non-hydrogen) atoms. The van der Waals surface area contributed by atoms with Gasteiger partial charge in [-0.25, -0.2) is 15.0 Å². The van der Waals surface area contributed by atoms with E-state index >= 15 is 0 Å². The number of pyridine rings is 3. The summed E-state index contributed by atoms with van der Waals surface area (Å²) < 4.78 is 15.5. The highest BCUT2D eigenvalue weighted by Gasteiger charge is 2.59. The molecule has 4 aromatic heterocycles. The Morgan fingerprint density at radius 2 is 1.62 bits per heavy atom. The maximum atomic E-state index is 6.74. The number of rotatable bonds is 4. The highest BCUT2D eigenvalue weighted by Crippen LogP contribution is 2.54. The van der Waals surface area contributed by atoms with Crippen LogP contribution in [0.3, 0.4) is 0 Å². The first-order valence-electron chi connectivity index (χ1n) is 17.5. The zero-order valence-electron chi connectivity index (χ0n) is 30.8. The van der Waals surface area contributed by atoms with E-state index in [1.807, 2.05) is 30.6 Å². The molecule has 2 aliphatic rings. The van der Waals surface area contributed by atoms with Gasteiger partial charge in [-0.05, 0) is 97.3 Å². The Kier molecular flexibility index (Phi) is 6.91. The number of hydrogen-bond acceptors (Lipinski definition) is 6. The third-order valence-electron chi connectivity index (χ3n) is 11.0. The SMILES string of the molecule is Cc1ccc2c(c1C)C[C@]1(C)OC(c3ccnc(Oc4cc(-n5c6cnc(C(C)(C)C)cc6c6cccnc65)cc(C(C)(C)C)c4)c3)=N[C@]21C. The Hall–Kier alpha value is -5.04. The van der Waals surface area contributed by atoms with Crippen molar-refractivity contribution in [3.8, 4) is 17.3 Å². The zero-order chi connectivity index (χ0) is 35.4. The van der Waals surface area contributed by atoms with Crippen molar-refractivity contribution in [3.63, 3.8) is 0 Å². The molecule has 1 aliphatic heterocycles. The second-order valence-electron chi connectivity index (χ2n) is 16.5. The summed E-state index contributed by atoms with van der Waals surface area (Å²) >= 11 is 0. The van der Waals surface area contributed by atoms with E-state index in [4.69, 9.17) is 24.4 Å². The van der Waals surface area contributed by atoms with Crippen LogP contribution in [0, 0.1) is 13.8 Å². The summed E-state index contributed by atoms with van der Waals surface area (Å²) in [4.78, 5) is 19.6. The fraction of sp³-hybridized carbons (Fsp3) is 0.349. The molecule has 0 amide bonds. The summed E-state index contributed by atoms with van der Waals surface area (Å²) in [5.41, 5.74) is 9.92. The molecule has 6 aromatic rings. The molecule has 0 spiro atoms. The van der Waals surface area contributed by atoms with Crippen LogP contribution in [0.4, 0.5) is 0 Å². The van der Waals surface area contributed by atoms with Crippen LogP contribution in [0.1, 0.15) is 94.5 Å². The van der Waals surface area contributed by atoms with Gasteiger partial charge < -0.3 is 9.47 Å². The Balaban J connectivity index is 1.20. The predicted octanol–water partition coefficient (Wildman–Crippen LogP) is 9.98. The van der Waals surface area contributed by atoms with Gasteiger partial charge in [0.2, 0.25) is 11.8 Å². The van der Waals surface area contributed by atoms with Crippen LogP contribution in [-0.2, 0) is 27.5 Å². The van der Waals surface area contributed by atoms with Crippen LogP contribution < -0.4 is 4.74 Å². The lowest BCUT2D eigenvalue weighted by Crippen LogP contribution is -2.41. The third-order valence-corrected chi connectivity index (χ3v) is 11.0. The Labute approximate surface area is 294 Å². The van der Waals surface area contributed by atoms with Crippen molar-refractivity contribution in [2.45, 2.75) is 97.6 Å². The van der Waals surface area contributed by atoms with E-state index in [-0.39, 0.29) is 10.8 Å². The minimum atomic E-state index is -0.477. The van der Waals surface area contributed by atoms with E-state index in [1.54, 1.807) is 6.20 Å². The fourth-order valence-electron chi connectivity index (χ4n) is 7.57. The minimum Gasteiger partial charge on any atom is -0.468 e. The average Bonchev–Trinajstić information content (AvgIpc) is 3.61. The molecule has 0 saturated heterocycles. The van der Waals surface area contributed by atoms with Gasteiger partial charge in [-0.2, -0.15) is 0 Å². The molecular formula is C43H45N5O2. The first-order chi connectivity index (χ1) is 23.6. The third kappa shape index (κ3) is 4.92. The molecule has 1 aliphatic carbocycles. The smallest absolute Gasteiger partial charge is 0.219 e. The van der Waals surface area contributed by atoms with E-state index in [0.717, 1.165) is 50.9 Å². The topological polar surface area (TPSA) is 74.4 Å². The number of benzene rings is 2. The highest BCUT2D eigenvalue weighted by molar-refractivity contribution is 6.07. The van der Waals surface area contributed by atoms with Crippen molar-refractivity contribution in [1.82, 2.24) is 19.5 Å². The molecular weight excluding hydrogens is 619 g/mol. The largest absolute Gasteiger partial charge is 0.468 e. The van der Waals surface area contributed by atoms with E-state index in [1.165, 1.54) is 22.3 Å². The quantitative estimate of drug-likeness (QED) is 0.188. The molecule has 0 saturated carbocycles. The van der Waals surface area contributed by atoms with Crippen LogP contribution in [0.5, 0.6) is 11.6 Å². The predicted molar refractivity (Wildman–Crippen MR) is 201 cm³/mol. The van der Waals surface area contributed by atoms with Gasteiger partial charge in [0.15, 0.2) is 0 Å². The summed E-state index contributed by atoms with van der Waals surface area (Å²) in [5, 5.41) is 2.22. The first kappa shape index (κ1) is 32.2. The van der Waals surface area contributed by atoms with Crippen LogP contribution in [0.2, 0.25) is 0 Å². The van der Waals surface area contributed by atoms with Crippen molar-refractivity contribution in [2.75, 3.05) is 0 Å². The van der Waals surface area contributed by atoms with Gasteiger partial charge in [-0.3, -0.25) is 9.55 Å². The molecule has 7 heteroatoms. The van der Waals surface area contributed by atoms with Crippen molar-refractivity contribution in [2.24, 2.45) is 4.99 Å². The molecule has 2 aromatic carbocycles. The maximum absolute atomic E-state index is 6.74. The molecule has 8 rings (SSSR count). The second kappa shape index (κ2) is 10.7. The van der Waals surface area contributed by atoms with Crippen molar-refractivity contribution < 1.29 is 9.47 Å². The van der Waals surface area contributed by atoms with E-state index in [9.17, 15) is 0 Å². The Morgan fingerprint density at radius 3 is 2.38 bits per heavy atom. The van der Waals surface area contributed by atoms with Crippen LogP contribution in [-0.4, -0.2) is 31.0 Å². The zero-order valence-corrected chi connectivity index (χ0v) is 30.8. The monoisotopic (exact) mass is 663 g/mol. The van der Waals surface area contributed by atoms with Crippen LogP contribution >= 0.6 is 0 Å². The van der Waals surface area contributed by atoms with Crippen LogP contribution in [0.15, 0.2) is 84.2 Å². The van der Waals surface area contributed by atoms with Gasteiger partial charge >= 0.3 is 0 Å². The normalized spacial score (nSPS) is 20.2. The summed E-state index contributed by atoms with van der Waals surface area (Å²) in [6.07, 6.45) is 6.41. The van der Waals surface area contributed by atoms with Crippen molar-refractivity contribution >= 4 is 27.8 Å². The molecule has 0 N–H and O–H groups in total. The van der Waals surface area contributed by atoms with Gasteiger partial charge in [0, 0.05) is 58.4 Å². The Bertz CT molecular complexity index is 2390. The molecule has 0 radical (unpaired) electrons. The van der Waals surface area contributed by atoms with Gasteiger partial charge in [0.25, 0.3) is 0 Å². The minimum absolute atomic E-state index is 0.0779. The maximum Gasteiger partial charge on any atom is 0.219 e. The van der Waals surface area contributed by atoms with Gasteiger partial charge in [-0.15, -0.1) is 0 Å². The standard InChI is InChI=1S/C43H45N5O2/c1-25-13-14-34-33(26(25)2)23-42(9)43(34,10)47-39(50-42)27-15-17-44-37(18-27)49-30-20-28(40(3,4)5)19-29(21-30)48-35-24-46-36(41(6,7)8)22-32(35)31-12-11-16-45-38(31)48/h11-22,24H,23H2,1-10H3/t42-,43+/m0/s1. The lowest BCUT2D eigenvalue weighted by Gasteiger charge is -2.31. The van der Waals surface area contributed by atoms with E-state index < -0.39 is 11.1 Å². The number of ether oxygens (including phenoxy) is 2. The lowest BCUT2D eigenvalue weighted by atomic mass is 9.84. The van der Waals surface area contributed by atoms with Gasteiger partial charge in [-0.1, -0.05) is 53.7 Å². The molecule has 0 unspecified atom stereocenters. The lowest BCUT2D eigenvalue weighted by molar-refractivity contribution is 0.0475. The summed E-state index contributed by atoms with van der Waals surface area (Å²) in [5.74, 6) is 1.78. The second-order valence-corrected chi connectivity index (χ2v) is 16.5. The van der Waals surface area contributed by atoms with Crippen molar-refractivity contribution in [1.29, 1.82) is 0 Å². The number of aromatic nitrogens is 4. The van der Waals surface area contributed by atoms with E-state index in [2.05, 4.69) is 121 Å². The first-order valence-corrected chi connectivity index (χ1v) is 17.5. The summed E-state index contributed by atoms with van der Waals surface area (Å²) in [6.45, 7) is 22.0. The number of nitrogens with zero attached hydrogens (tertiary/aromatic N) is 5. The molecule has 254 valence electrons. The molecule has 5 heterocycles. The summed E-state index contributed by atoms with van der Waals surface area (Å²) in [6, 6.07) is 21.0. The number of aryl methyl sites for hydroxylation is 1.